The van der Waals surface area contributed by atoms with Crippen molar-refractivity contribution in [1.82, 2.24) is 9.88 Å². The molecule has 5 aliphatic rings. The van der Waals surface area contributed by atoms with Crippen molar-refractivity contribution in [2.75, 3.05) is 38.2 Å². The minimum absolute atomic E-state index is 0.204. The molecule has 4 unspecified atom stereocenters. The molecule has 1 N–H and O–H groups in total. The highest BCUT2D eigenvalue weighted by molar-refractivity contribution is 5.86. The lowest BCUT2D eigenvalue weighted by molar-refractivity contribution is -0.0562. The number of fused-ring (bicyclic) bond motifs is 5. The summed E-state index contributed by atoms with van der Waals surface area (Å²) in [7, 11) is 1.71. The van der Waals surface area contributed by atoms with Crippen molar-refractivity contribution < 1.29 is 9.84 Å². The van der Waals surface area contributed by atoms with Gasteiger partial charge in [0.05, 0.1) is 18.7 Å². The predicted molar refractivity (Wildman–Crippen MR) is 137 cm³/mol. The first-order valence-corrected chi connectivity index (χ1v) is 13.8. The highest BCUT2D eigenvalue weighted by Crippen LogP contribution is 2.44. The van der Waals surface area contributed by atoms with Gasteiger partial charge in [-0.15, -0.1) is 0 Å². The van der Waals surface area contributed by atoms with E-state index in [-0.39, 0.29) is 6.04 Å². The second kappa shape index (κ2) is 9.31. The third kappa shape index (κ3) is 3.99. The fraction of sp³-hybridized carbons (Fsp3) is 0.690. The molecule has 2 aromatic rings. The van der Waals surface area contributed by atoms with Crippen LogP contribution in [0.15, 0.2) is 24.3 Å². The lowest BCUT2D eigenvalue weighted by atomic mass is 9.72. The number of pyridine rings is 1. The number of aliphatic hydroxyl groups is 1. The number of aliphatic hydroxyl groups excluding tert-OH is 1. The van der Waals surface area contributed by atoms with Gasteiger partial charge in [0.15, 0.2) is 0 Å². The Morgan fingerprint density at radius 2 is 1.85 bits per heavy atom. The standard InChI is InChI=1S/C29H41N3O2/c1-3-19-17-31-12-11-21(19)14-27(31)29(33)25-16-28(30-26-9-8-23(34-2)15-24(25)26)32-13-10-20-6-4-5-7-22(20)18-32/h8-9,15-16,19-22,27,29,33H,3-7,10-14,17-18H2,1-2H3/t19-,20?,21-,22?,27?,29+/m0/s1. The Labute approximate surface area is 204 Å². The summed E-state index contributed by atoms with van der Waals surface area (Å²) in [4.78, 5) is 10.2. The van der Waals surface area contributed by atoms with Gasteiger partial charge in [-0.05, 0) is 85.7 Å². The summed E-state index contributed by atoms with van der Waals surface area (Å²) in [6, 6.07) is 8.57. The van der Waals surface area contributed by atoms with Crippen molar-refractivity contribution in [3.63, 3.8) is 0 Å². The van der Waals surface area contributed by atoms with E-state index in [9.17, 15) is 5.11 Å². The van der Waals surface area contributed by atoms with E-state index < -0.39 is 6.10 Å². The molecule has 184 valence electrons. The number of anilines is 1. The second-order valence-electron chi connectivity index (χ2n) is 11.5. The second-order valence-corrected chi connectivity index (χ2v) is 11.5. The van der Waals surface area contributed by atoms with Crippen LogP contribution >= 0.6 is 0 Å². The Morgan fingerprint density at radius 1 is 1.03 bits per heavy atom. The molecule has 1 aliphatic carbocycles. The Bertz CT molecular complexity index is 1030. The average Bonchev–Trinajstić information content (AvgIpc) is 2.91. The number of methoxy groups -OCH3 is 1. The Morgan fingerprint density at radius 3 is 2.62 bits per heavy atom. The molecular weight excluding hydrogens is 422 g/mol. The number of rotatable bonds is 5. The van der Waals surface area contributed by atoms with E-state index in [2.05, 4.69) is 34.9 Å². The number of nitrogens with zero attached hydrogens (tertiary/aromatic N) is 3. The van der Waals surface area contributed by atoms with E-state index in [1.807, 2.05) is 6.07 Å². The van der Waals surface area contributed by atoms with Crippen molar-refractivity contribution in [2.24, 2.45) is 23.7 Å². The maximum Gasteiger partial charge on any atom is 0.129 e. The molecule has 5 nitrogen and oxygen atoms in total. The first-order valence-electron chi connectivity index (χ1n) is 13.8. The van der Waals surface area contributed by atoms with Gasteiger partial charge in [-0.25, -0.2) is 4.98 Å². The Hall–Kier alpha value is -1.85. The first kappa shape index (κ1) is 22.6. The molecule has 5 heterocycles. The fourth-order valence-corrected chi connectivity index (χ4v) is 7.74. The van der Waals surface area contributed by atoms with Crippen LogP contribution in [-0.2, 0) is 0 Å². The van der Waals surface area contributed by atoms with E-state index in [1.165, 1.54) is 44.9 Å². The van der Waals surface area contributed by atoms with Crippen LogP contribution < -0.4 is 9.64 Å². The highest BCUT2D eigenvalue weighted by Gasteiger charge is 2.43. The number of hydrogen-bond acceptors (Lipinski definition) is 5. The molecule has 34 heavy (non-hydrogen) atoms. The third-order valence-corrected chi connectivity index (χ3v) is 9.79. The van der Waals surface area contributed by atoms with Crippen LogP contribution in [0.4, 0.5) is 5.82 Å². The van der Waals surface area contributed by atoms with Gasteiger partial charge in [0, 0.05) is 31.1 Å². The molecule has 4 saturated heterocycles. The summed E-state index contributed by atoms with van der Waals surface area (Å²) in [6.45, 7) is 6.78. The summed E-state index contributed by atoms with van der Waals surface area (Å²) < 4.78 is 5.56. The summed E-state index contributed by atoms with van der Waals surface area (Å²) in [5.74, 6) is 5.13. The number of piperidine rings is 4. The molecule has 5 heteroatoms. The van der Waals surface area contributed by atoms with Crippen molar-refractivity contribution in [2.45, 2.75) is 70.4 Å². The van der Waals surface area contributed by atoms with Crippen LogP contribution in [0, 0.1) is 23.7 Å². The van der Waals surface area contributed by atoms with Crippen LogP contribution in [0.1, 0.15) is 70.0 Å². The van der Waals surface area contributed by atoms with Crippen LogP contribution in [0.5, 0.6) is 5.75 Å². The highest BCUT2D eigenvalue weighted by atomic mass is 16.5. The largest absolute Gasteiger partial charge is 0.497 e. The Balaban J connectivity index is 1.35. The molecule has 1 aromatic carbocycles. The van der Waals surface area contributed by atoms with E-state index >= 15 is 0 Å². The lowest BCUT2D eigenvalue weighted by Gasteiger charge is -2.51. The lowest BCUT2D eigenvalue weighted by Crippen LogP contribution is -2.55. The molecular formula is C29H41N3O2. The molecule has 4 aliphatic heterocycles. The topological polar surface area (TPSA) is 48.8 Å². The SMILES string of the molecule is CC[C@H]1CN2CC[C@H]1CC2[C@H](O)c1cc(N2CCC3CCCCC3C2)nc2ccc(OC)cc12. The zero-order chi connectivity index (χ0) is 23.2. The van der Waals surface area contributed by atoms with Crippen molar-refractivity contribution in [3.05, 3.63) is 29.8 Å². The molecule has 0 spiro atoms. The van der Waals surface area contributed by atoms with E-state index in [4.69, 9.17) is 9.72 Å². The minimum Gasteiger partial charge on any atom is -0.497 e. The first-order chi connectivity index (χ1) is 16.6. The monoisotopic (exact) mass is 463 g/mol. The van der Waals surface area contributed by atoms with E-state index in [0.29, 0.717) is 0 Å². The van der Waals surface area contributed by atoms with Gasteiger partial charge < -0.3 is 14.7 Å². The van der Waals surface area contributed by atoms with Crippen molar-refractivity contribution in [3.8, 4) is 5.75 Å². The van der Waals surface area contributed by atoms with Crippen molar-refractivity contribution in [1.29, 1.82) is 0 Å². The summed E-state index contributed by atoms with van der Waals surface area (Å²) in [5.41, 5.74) is 2.01. The maximum absolute atomic E-state index is 11.9. The van der Waals surface area contributed by atoms with Gasteiger partial charge in [0.25, 0.3) is 0 Å². The Kier molecular flexibility index (Phi) is 6.19. The van der Waals surface area contributed by atoms with Gasteiger partial charge in [0.2, 0.25) is 0 Å². The third-order valence-electron chi connectivity index (χ3n) is 9.79. The maximum atomic E-state index is 11.9. The van der Waals surface area contributed by atoms with Crippen LogP contribution in [0.2, 0.25) is 0 Å². The quantitative estimate of drug-likeness (QED) is 0.642. The smallest absolute Gasteiger partial charge is 0.129 e. The normalized spacial score (nSPS) is 34.1. The molecule has 5 fully saturated rings. The molecule has 7 atom stereocenters. The summed E-state index contributed by atoms with van der Waals surface area (Å²) in [5, 5.41) is 12.9. The predicted octanol–water partition coefficient (Wildman–Crippen LogP) is 5.41. The van der Waals surface area contributed by atoms with Crippen LogP contribution in [0.3, 0.4) is 0 Å². The number of benzene rings is 1. The van der Waals surface area contributed by atoms with Gasteiger partial charge in [-0.3, -0.25) is 4.90 Å². The molecule has 0 amide bonds. The van der Waals surface area contributed by atoms with Crippen LogP contribution in [0.25, 0.3) is 10.9 Å². The molecule has 2 bridgehead atoms. The number of aromatic nitrogens is 1. The zero-order valence-electron chi connectivity index (χ0n) is 21.0. The van der Waals surface area contributed by atoms with Gasteiger partial charge in [-0.2, -0.15) is 0 Å². The van der Waals surface area contributed by atoms with E-state index in [0.717, 1.165) is 84.3 Å². The molecule has 1 saturated carbocycles. The number of hydrogen-bond donors (Lipinski definition) is 1. The van der Waals surface area contributed by atoms with Gasteiger partial charge in [-0.1, -0.05) is 32.6 Å². The average molecular weight is 464 g/mol. The van der Waals surface area contributed by atoms with E-state index in [1.54, 1.807) is 7.11 Å². The zero-order valence-corrected chi connectivity index (χ0v) is 21.0. The molecule has 1 aromatic heterocycles. The fourth-order valence-electron chi connectivity index (χ4n) is 7.74. The van der Waals surface area contributed by atoms with Crippen LogP contribution in [-0.4, -0.2) is 54.3 Å². The minimum atomic E-state index is -0.496. The molecule has 0 radical (unpaired) electrons. The summed E-state index contributed by atoms with van der Waals surface area (Å²) in [6.07, 6.45) is 9.98. The van der Waals surface area contributed by atoms with Gasteiger partial charge >= 0.3 is 0 Å². The van der Waals surface area contributed by atoms with Gasteiger partial charge in [0.1, 0.15) is 11.6 Å². The molecule has 7 rings (SSSR count). The summed E-state index contributed by atoms with van der Waals surface area (Å²) >= 11 is 0. The number of ether oxygens (including phenoxy) is 1. The van der Waals surface area contributed by atoms with Crippen molar-refractivity contribution >= 4 is 16.7 Å².